The summed E-state index contributed by atoms with van der Waals surface area (Å²) in [6.45, 7) is 1.26. The van der Waals surface area contributed by atoms with Crippen LogP contribution < -0.4 is 5.48 Å². The smallest absolute Gasteiger partial charge is 0.334 e. The number of amides is 1. The molecule has 0 saturated carbocycles. The van der Waals surface area contributed by atoms with E-state index in [0.717, 1.165) is 10.2 Å². The van der Waals surface area contributed by atoms with Crippen LogP contribution in [0.5, 0.6) is 0 Å². The maximum Gasteiger partial charge on any atom is 0.372 e. The van der Waals surface area contributed by atoms with Gasteiger partial charge in [0.1, 0.15) is 9.71 Å². The molecular weight excluding hydrogens is 228 g/mol. The molecule has 0 saturated heterocycles. The Bertz CT molecular complexity index is 517. The first-order valence-corrected chi connectivity index (χ1v) is 5.31. The summed E-state index contributed by atoms with van der Waals surface area (Å²) in [5.74, 6) is -1.01. The van der Waals surface area contributed by atoms with Crippen LogP contribution in [0.1, 0.15) is 16.6 Å². The van der Waals surface area contributed by atoms with E-state index in [1.54, 1.807) is 18.3 Å². The molecule has 1 amide bonds. The Labute approximate surface area is 95.0 Å². The lowest BCUT2D eigenvalue weighted by Crippen LogP contribution is -2.23. The monoisotopic (exact) mass is 236 g/mol. The molecule has 0 unspecified atom stereocenters. The summed E-state index contributed by atoms with van der Waals surface area (Å²) in [7, 11) is 0. The molecule has 0 fully saturated rings. The Kier molecular flexibility index (Phi) is 2.82. The van der Waals surface area contributed by atoms with E-state index in [-0.39, 0.29) is 0 Å². The predicted octanol–water partition coefficient (Wildman–Crippen LogP) is 1.50. The Morgan fingerprint density at radius 2 is 2.31 bits per heavy atom. The molecule has 2 rings (SSSR count). The fraction of sp³-hybridized carbons (Fsp3) is 0.100. The van der Waals surface area contributed by atoms with E-state index in [2.05, 4.69) is 9.82 Å². The average Bonchev–Trinajstić information content (AvgIpc) is 2.69. The molecule has 0 aliphatic carbocycles. The van der Waals surface area contributed by atoms with Crippen LogP contribution in [-0.2, 0) is 9.63 Å². The van der Waals surface area contributed by atoms with E-state index in [1.807, 2.05) is 11.5 Å². The van der Waals surface area contributed by atoms with Gasteiger partial charge in [-0.25, -0.2) is 9.78 Å². The highest BCUT2D eigenvalue weighted by atomic mass is 32.1. The number of carbonyl (C=O) groups is 2. The van der Waals surface area contributed by atoms with Crippen molar-refractivity contribution in [2.24, 2.45) is 0 Å². The first-order chi connectivity index (χ1) is 7.66. The fourth-order valence-electron chi connectivity index (χ4n) is 1.14. The molecule has 5 nitrogen and oxygen atoms in total. The third kappa shape index (κ3) is 2.17. The highest BCUT2D eigenvalue weighted by Gasteiger charge is 2.12. The number of thiophene rings is 1. The normalized spacial score (nSPS) is 10.1. The van der Waals surface area contributed by atoms with Crippen molar-refractivity contribution >= 4 is 33.4 Å². The van der Waals surface area contributed by atoms with E-state index in [4.69, 9.17) is 0 Å². The average molecular weight is 236 g/mol. The second kappa shape index (κ2) is 4.28. The summed E-state index contributed by atoms with van der Waals surface area (Å²) in [6.07, 6.45) is 1.65. The lowest BCUT2D eigenvalue weighted by molar-refractivity contribution is -0.127. The van der Waals surface area contributed by atoms with Crippen molar-refractivity contribution in [1.82, 2.24) is 10.5 Å². The summed E-state index contributed by atoms with van der Waals surface area (Å²) in [6, 6.07) is 5.32. The number of fused-ring (bicyclic) bond motifs is 1. The number of hydrogen-bond donors (Lipinski definition) is 1. The summed E-state index contributed by atoms with van der Waals surface area (Å²) in [5, 5.41) is 0.877. The number of aromatic nitrogens is 1. The Balaban J connectivity index is 2.20. The van der Waals surface area contributed by atoms with Crippen LogP contribution in [-0.4, -0.2) is 16.9 Å². The molecular formula is C10H8N2O3S. The molecule has 82 valence electrons. The number of hydroxylamine groups is 1. The lowest BCUT2D eigenvalue weighted by atomic mass is 10.3. The molecule has 6 heteroatoms. The summed E-state index contributed by atoms with van der Waals surface area (Å²) in [4.78, 5) is 31.9. The zero-order chi connectivity index (χ0) is 11.5. The third-order valence-electron chi connectivity index (χ3n) is 1.78. The second-order valence-corrected chi connectivity index (χ2v) is 4.09. The van der Waals surface area contributed by atoms with Crippen LogP contribution in [0.25, 0.3) is 10.2 Å². The van der Waals surface area contributed by atoms with Crippen molar-refractivity contribution in [3.8, 4) is 0 Å². The minimum atomic E-state index is -0.585. The second-order valence-electron chi connectivity index (χ2n) is 3.06. The highest BCUT2D eigenvalue weighted by molar-refractivity contribution is 7.20. The maximum absolute atomic E-state index is 11.5. The molecule has 2 aromatic heterocycles. The molecule has 0 radical (unpaired) electrons. The van der Waals surface area contributed by atoms with Crippen LogP contribution in [0, 0.1) is 0 Å². The van der Waals surface area contributed by atoms with Crippen LogP contribution >= 0.6 is 11.3 Å². The molecule has 1 N–H and O–H groups in total. The summed E-state index contributed by atoms with van der Waals surface area (Å²) < 4.78 is 0. The summed E-state index contributed by atoms with van der Waals surface area (Å²) >= 11 is 1.22. The van der Waals surface area contributed by atoms with Crippen molar-refractivity contribution in [2.45, 2.75) is 6.92 Å². The van der Waals surface area contributed by atoms with Crippen LogP contribution in [0.15, 0.2) is 24.4 Å². The molecule has 16 heavy (non-hydrogen) atoms. The first-order valence-electron chi connectivity index (χ1n) is 4.49. The minimum absolute atomic E-state index is 0.405. The van der Waals surface area contributed by atoms with E-state index >= 15 is 0 Å². The number of hydrogen-bond acceptors (Lipinski definition) is 5. The molecule has 0 spiro atoms. The molecule has 0 aromatic carbocycles. The maximum atomic E-state index is 11.5. The number of nitrogens with zero attached hydrogens (tertiary/aromatic N) is 1. The minimum Gasteiger partial charge on any atom is -0.334 e. The van der Waals surface area contributed by atoms with Crippen LogP contribution in [0.2, 0.25) is 0 Å². The predicted molar refractivity (Wildman–Crippen MR) is 58.9 cm³/mol. The van der Waals surface area contributed by atoms with E-state index < -0.39 is 11.9 Å². The Morgan fingerprint density at radius 3 is 3.00 bits per heavy atom. The topological polar surface area (TPSA) is 68.3 Å². The lowest BCUT2D eigenvalue weighted by Gasteiger charge is -1.99. The molecule has 2 aromatic rings. The van der Waals surface area contributed by atoms with Gasteiger partial charge in [0.2, 0.25) is 5.91 Å². The first kappa shape index (κ1) is 10.6. The van der Waals surface area contributed by atoms with Gasteiger partial charge in [0.05, 0.1) is 0 Å². The highest BCUT2D eigenvalue weighted by Crippen LogP contribution is 2.23. The van der Waals surface area contributed by atoms with Crippen molar-refractivity contribution in [1.29, 1.82) is 0 Å². The van der Waals surface area contributed by atoms with Gasteiger partial charge in [0.25, 0.3) is 0 Å². The van der Waals surface area contributed by atoms with Crippen LogP contribution in [0.3, 0.4) is 0 Å². The van der Waals surface area contributed by atoms with E-state index in [0.29, 0.717) is 4.88 Å². The van der Waals surface area contributed by atoms with Gasteiger partial charge in [-0.2, -0.15) is 5.48 Å². The van der Waals surface area contributed by atoms with Gasteiger partial charge in [0.15, 0.2) is 0 Å². The van der Waals surface area contributed by atoms with E-state index in [9.17, 15) is 9.59 Å². The van der Waals surface area contributed by atoms with Crippen molar-refractivity contribution < 1.29 is 14.4 Å². The SMILES string of the molecule is CC(=O)NOC(=O)c1cc2cccnc2s1. The number of carbonyl (C=O) groups excluding carboxylic acids is 2. The standard InChI is InChI=1S/C10H8N2O3S/c1-6(13)12-15-10(14)8-5-7-3-2-4-11-9(7)16-8/h2-5H,1H3,(H,12,13). The largest absolute Gasteiger partial charge is 0.372 e. The molecule has 0 atom stereocenters. The number of rotatable bonds is 1. The molecule has 0 aliphatic heterocycles. The summed E-state index contributed by atoms with van der Waals surface area (Å²) in [5.41, 5.74) is 1.99. The van der Waals surface area contributed by atoms with Gasteiger partial charge in [-0.05, 0) is 12.1 Å². The zero-order valence-corrected chi connectivity index (χ0v) is 9.21. The van der Waals surface area contributed by atoms with Gasteiger partial charge in [-0.15, -0.1) is 11.3 Å². The fourth-order valence-corrected chi connectivity index (χ4v) is 2.02. The Hall–Kier alpha value is -1.95. The number of pyridine rings is 1. The van der Waals surface area contributed by atoms with Gasteiger partial charge >= 0.3 is 5.97 Å². The zero-order valence-electron chi connectivity index (χ0n) is 8.39. The number of nitrogens with one attached hydrogen (secondary N) is 1. The third-order valence-corrected chi connectivity index (χ3v) is 2.82. The molecule has 0 aliphatic rings. The molecule has 2 heterocycles. The van der Waals surface area contributed by atoms with Gasteiger partial charge < -0.3 is 4.84 Å². The van der Waals surface area contributed by atoms with Crippen molar-refractivity contribution in [2.75, 3.05) is 0 Å². The van der Waals surface area contributed by atoms with Gasteiger partial charge in [-0.3, -0.25) is 4.79 Å². The van der Waals surface area contributed by atoms with Gasteiger partial charge in [-0.1, -0.05) is 6.07 Å². The van der Waals surface area contributed by atoms with Crippen molar-refractivity contribution in [3.63, 3.8) is 0 Å². The Morgan fingerprint density at radius 1 is 1.50 bits per heavy atom. The van der Waals surface area contributed by atoms with Crippen molar-refractivity contribution in [3.05, 3.63) is 29.3 Å². The van der Waals surface area contributed by atoms with Crippen LogP contribution in [0.4, 0.5) is 0 Å². The van der Waals surface area contributed by atoms with E-state index in [1.165, 1.54) is 18.3 Å². The molecule has 0 bridgehead atoms. The quantitative estimate of drug-likeness (QED) is 0.762. The van der Waals surface area contributed by atoms with Gasteiger partial charge in [0, 0.05) is 18.5 Å².